The number of halogens is 1. The summed E-state index contributed by atoms with van der Waals surface area (Å²) in [6.07, 6.45) is 0.708. The molecule has 0 bridgehead atoms. The van der Waals surface area contributed by atoms with Crippen molar-refractivity contribution in [2.75, 3.05) is 0 Å². The van der Waals surface area contributed by atoms with Crippen LogP contribution in [0.15, 0.2) is 40.9 Å². The number of nitrogens with zero attached hydrogens (tertiary/aromatic N) is 1. The zero-order chi connectivity index (χ0) is 15.4. The Morgan fingerprint density at radius 2 is 2.00 bits per heavy atom. The predicted molar refractivity (Wildman–Crippen MR) is 82.6 cm³/mol. The summed E-state index contributed by atoms with van der Waals surface area (Å²) in [5.74, 6) is 0.546. The summed E-state index contributed by atoms with van der Waals surface area (Å²) in [7, 11) is 0. The van der Waals surface area contributed by atoms with E-state index >= 15 is 0 Å². The zero-order valence-corrected chi connectivity index (χ0v) is 13.0. The minimum Gasteiger partial charge on any atom is -0.450 e. The molecule has 0 atom stereocenters. The standard InChI is InChI=1S/C15H14BrNO4/c1-2-10-3-6-14(13(7-10)17(19)20)21-15-8-12(16)5-4-11(15)9-18/h3-8,18H,2,9H2,1H3. The van der Waals surface area contributed by atoms with E-state index in [9.17, 15) is 15.2 Å². The van der Waals surface area contributed by atoms with E-state index in [2.05, 4.69) is 15.9 Å². The summed E-state index contributed by atoms with van der Waals surface area (Å²) in [5, 5.41) is 20.5. The summed E-state index contributed by atoms with van der Waals surface area (Å²) in [4.78, 5) is 10.7. The number of hydrogen-bond donors (Lipinski definition) is 1. The van der Waals surface area contributed by atoms with Crippen molar-refractivity contribution < 1.29 is 14.8 Å². The minimum atomic E-state index is -0.467. The van der Waals surface area contributed by atoms with Crippen LogP contribution in [0, 0.1) is 10.1 Å². The zero-order valence-electron chi connectivity index (χ0n) is 11.4. The number of aliphatic hydroxyl groups excluding tert-OH is 1. The monoisotopic (exact) mass is 351 g/mol. The van der Waals surface area contributed by atoms with Crippen molar-refractivity contribution in [3.05, 3.63) is 62.1 Å². The number of nitro groups is 1. The summed E-state index contributed by atoms with van der Waals surface area (Å²) >= 11 is 3.31. The first-order valence-electron chi connectivity index (χ1n) is 6.39. The molecule has 0 radical (unpaired) electrons. The molecule has 0 unspecified atom stereocenters. The van der Waals surface area contributed by atoms with Crippen molar-refractivity contribution in [1.82, 2.24) is 0 Å². The molecule has 2 aromatic rings. The molecular formula is C15H14BrNO4. The quantitative estimate of drug-likeness (QED) is 0.646. The van der Waals surface area contributed by atoms with E-state index in [0.29, 0.717) is 17.7 Å². The van der Waals surface area contributed by atoms with Crippen LogP contribution in [0.4, 0.5) is 5.69 Å². The van der Waals surface area contributed by atoms with Gasteiger partial charge in [0.25, 0.3) is 0 Å². The average Bonchev–Trinajstić information content (AvgIpc) is 2.47. The average molecular weight is 352 g/mol. The third kappa shape index (κ3) is 3.59. The van der Waals surface area contributed by atoms with E-state index in [1.54, 1.807) is 30.3 Å². The van der Waals surface area contributed by atoms with E-state index in [-0.39, 0.29) is 18.0 Å². The van der Waals surface area contributed by atoms with Gasteiger partial charge >= 0.3 is 5.69 Å². The largest absolute Gasteiger partial charge is 0.450 e. The molecule has 0 spiro atoms. The van der Waals surface area contributed by atoms with Gasteiger partial charge in [0.05, 0.1) is 11.5 Å². The highest BCUT2D eigenvalue weighted by atomic mass is 79.9. The number of nitro benzene ring substituents is 1. The van der Waals surface area contributed by atoms with Gasteiger partial charge in [-0.15, -0.1) is 0 Å². The maximum Gasteiger partial charge on any atom is 0.311 e. The van der Waals surface area contributed by atoms with Crippen molar-refractivity contribution in [3.8, 4) is 11.5 Å². The molecular weight excluding hydrogens is 338 g/mol. The molecule has 2 aromatic carbocycles. The van der Waals surface area contributed by atoms with Crippen LogP contribution in [0.25, 0.3) is 0 Å². The van der Waals surface area contributed by atoms with Crippen LogP contribution in [0.3, 0.4) is 0 Å². The van der Waals surface area contributed by atoms with Crippen LogP contribution in [0.5, 0.6) is 11.5 Å². The first-order chi connectivity index (χ1) is 10.0. The third-order valence-corrected chi connectivity index (χ3v) is 3.54. The van der Waals surface area contributed by atoms with Gasteiger partial charge in [-0.1, -0.05) is 35.0 Å². The molecule has 0 fully saturated rings. The predicted octanol–water partition coefficient (Wildman–Crippen LogP) is 4.20. The van der Waals surface area contributed by atoms with Crippen LogP contribution >= 0.6 is 15.9 Å². The van der Waals surface area contributed by atoms with Gasteiger partial charge in [0.15, 0.2) is 0 Å². The summed E-state index contributed by atoms with van der Waals surface area (Å²) < 4.78 is 6.41. The molecule has 2 rings (SSSR count). The van der Waals surface area contributed by atoms with Gasteiger partial charge in [-0.3, -0.25) is 10.1 Å². The number of hydrogen-bond acceptors (Lipinski definition) is 4. The Morgan fingerprint density at radius 1 is 1.24 bits per heavy atom. The van der Waals surface area contributed by atoms with Gasteiger partial charge in [-0.2, -0.15) is 0 Å². The molecule has 0 aliphatic carbocycles. The van der Waals surface area contributed by atoms with Gasteiger partial charge in [0, 0.05) is 16.1 Å². The van der Waals surface area contributed by atoms with E-state index in [1.807, 2.05) is 6.92 Å². The second-order valence-corrected chi connectivity index (χ2v) is 5.34. The fraction of sp³-hybridized carbons (Fsp3) is 0.200. The maximum atomic E-state index is 11.2. The molecule has 0 heterocycles. The molecule has 5 nitrogen and oxygen atoms in total. The molecule has 0 aromatic heterocycles. The molecule has 110 valence electrons. The topological polar surface area (TPSA) is 72.6 Å². The van der Waals surface area contributed by atoms with Gasteiger partial charge in [-0.05, 0) is 30.2 Å². The Kier molecular flexibility index (Phi) is 4.93. The van der Waals surface area contributed by atoms with Crippen LogP contribution in [0.2, 0.25) is 0 Å². The first kappa shape index (κ1) is 15.5. The number of ether oxygens (including phenoxy) is 1. The Hall–Kier alpha value is -1.92. The summed E-state index contributed by atoms with van der Waals surface area (Å²) in [5.41, 5.74) is 1.34. The van der Waals surface area contributed by atoms with Crippen LogP contribution in [-0.4, -0.2) is 10.0 Å². The maximum absolute atomic E-state index is 11.2. The van der Waals surface area contributed by atoms with Crippen LogP contribution in [0.1, 0.15) is 18.1 Å². The Morgan fingerprint density at radius 3 is 2.62 bits per heavy atom. The Bertz CT molecular complexity index is 673. The lowest BCUT2D eigenvalue weighted by Crippen LogP contribution is -1.97. The van der Waals surface area contributed by atoms with Gasteiger partial charge in [-0.25, -0.2) is 0 Å². The lowest BCUT2D eigenvalue weighted by molar-refractivity contribution is -0.385. The van der Waals surface area contributed by atoms with E-state index in [1.165, 1.54) is 6.07 Å². The highest BCUT2D eigenvalue weighted by Gasteiger charge is 2.17. The molecule has 0 saturated carbocycles. The smallest absolute Gasteiger partial charge is 0.311 e. The fourth-order valence-corrected chi connectivity index (χ4v) is 2.22. The number of aliphatic hydroxyl groups is 1. The molecule has 0 aliphatic heterocycles. The van der Waals surface area contributed by atoms with Crippen LogP contribution in [-0.2, 0) is 13.0 Å². The van der Waals surface area contributed by atoms with Gasteiger partial charge in [0.2, 0.25) is 5.75 Å². The fourth-order valence-electron chi connectivity index (χ4n) is 1.88. The molecule has 6 heteroatoms. The summed E-state index contributed by atoms with van der Waals surface area (Å²) in [6.45, 7) is 1.72. The van der Waals surface area contributed by atoms with E-state index in [4.69, 9.17) is 4.74 Å². The van der Waals surface area contributed by atoms with Crippen molar-refractivity contribution in [1.29, 1.82) is 0 Å². The normalized spacial score (nSPS) is 10.4. The third-order valence-electron chi connectivity index (χ3n) is 3.05. The van der Waals surface area contributed by atoms with Crippen molar-refractivity contribution >= 4 is 21.6 Å². The van der Waals surface area contributed by atoms with E-state index in [0.717, 1.165) is 10.0 Å². The Labute approximate surface area is 130 Å². The minimum absolute atomic E-state index is 0.0850. The number of aryl methyl sites for hydroxylation is 1. The molecule has 0 saturated heterocycles. The lowest BCUT2D eigenvalue weighted by atomic mass is 10.1. The number of benzene rings is 2. The molecule has 21 heavy (non-hydrogen) atoms. The molecule has 0 amide bonds. The SMILES string of the molecule is CCc1ccc(Oc2cc(Br)ccc2CO)c([N+](=O)[O-])c1. The Balaban J connectivity index is 2.44. The lowest BCUT2D eigenvalue weighted by Gasteiger charge is -2.11. The summed E-state index contributed by atoms with van der Waals surface area (Å²) in [6, 6.07) is 10.0. The highest BCUT2D eigenvalue weighted by molar-refractivity contribution is 9.10. The molecule has 0 aliphatic rings. The van der Waals surface area contributed by atoms with Crippen molar-refractivity contribution in [2.24, 2.45) is 0 Å². The van der Waals surface area contributed by atoms with Gasteiger partial charge < -0.3 is 9.84 Å². The van der Waals surface area contributed by atoms with Crippen molar-refractivity contribution in [3.63, 3.8) is 0 Å². The molecule has 1 N–H and O–H groups in total. The van der Waals surface area contributed by atoms with E-state index < -0.39 is 4.92 Å². The first-order valence-corrected chi connectivity index (χ1v) is 7.19. The number of rotatable bonds is 5. The van der Waals surface area contributed by atoms with Crippen LogP contribution < -0.4 is 4.74 Å². The highest BCUT2D eigenvalue weighted by Crippen LogP contribution is 2.35. The van der Waals surface area contributed by atoms with Gasteiger partial charge in [0.1, 0.15) is 5.75 Å². The second kappa shape index (κ2) is 6.69. The van der Waals surface area contributed by atoms with Crippen molar-refractivity contribution in [2.45, 2.75) is 20.0 Å². The second-order valence-electron chi connectivity index (χ2n) is 4.42.